The highest BCUT2D eigenvalue weighted by Gasteiger charge is 2.23. The van der Waals surface area contributed by atoms with E-state index in [2.05, 4.69) is 19.2 Å². The molecule has 1 rings (SSSR count). The Hall–Kier alpha value is -0.120. The molecule has 0 radical (unpaired) electrons. The van der Waals surface area contributed by atoms with Gasteiger partial charge in [0.2, 0.25) is 0 Å². The second kappa shape index (κ2) is 7.25. The van der Waals surface area contributed by atoms with E-state index in [1.807, 2.05) is 0 Å². The van der Waals surface area contributed by atoms with Crippen LogP contribution in [0.25, 0.3) is 0 Å². The predicted molar refractivity (Wildman–Crippen MR) is 66.4 cm³/mol. The molecule has 0 unspecified atom stereocenters. The van der Waals surface area contributed by atoms with Crippen LogP contribution in [0.4, 0.5) is 0 Å². The molecule has 1 fully saturated rings. The molecule has 0 aromatic carbocycles. The van der Waals surface area contributed by atoms with Gasteiger partial charge in [-0.25, -0.2) is 0 Å². The normalized spacial score (nSPS) is 26.6. The molecule has 3 nitrogen and oxygen atoms in total. The third-order valence-electron chi connectivity index (χ3n) is 3.81. The summed E-state index contributed by atoms with van der Waals surface area (Å²) in [5, 5.41) is 3.53. The first-order valence-corrected chi connectivity index (χ1v) is 6.46. The minimum absolute atomic E-state index is 0.108. The average molecular weight is 229 g/mol. The second-order valence-electron chi connectivity index (χ2n) is 5.16. The number of hydrogen-bond acceptors (Lipinski definition) is 3. The van der Waals surface area contributed by atoms with Gasteiger partial charge in [0.05, 0.1) is 0 Å². The molecule has 0 spiro atoms. The summed E-state index contributed by atoms with van der Waals surface area (Å²) in [4.78, 5) is 0. The van der Waals surface area contributed by atoms with Crippen molar-refractivity contribution in [2.24, 2.45) is 11.8 Å². The van der Waals surface area contributed by atoms with Crippen molar-refractivity contribution in [3.8, 4) is 0 Å². The second-order valence-corrected chi connectivity index (χ2v) is 5.16. The smallest absolute Gasteiger partial charge is 0.169 e. The summed E-state index contributed by atoms with van der Waals surface area (Å²) in [5.74, 6) is 1.77. The van der Waals surface area contributed by atoms with Crippen molar-refractivity contribution < 1.29 is 9.47 Å². The van der Waals surface area contributed by atoms with Crippen LogP contribution < -0.4 is 5.32 Å². The van der Waals surface area contributed by atoms with Gasteiger partial charge in [0, 0.05) is 26.8 Å². The van der Waals surface area contributed by atoms with Crippen LogP contribution >= 0.6 is 0 Å². The Morgan fingerprint density at radius 1 is 1.06 bits per heavy atom. The third-order valence-corrected chi connectivity index (χ3v) is 3.81. The van der Waals surface area contributed by atoms with E-state index < -0.39 is 0 Å². The molecule has 1 saturated carbocycles. The SMILES string of the molecule is COC(CNC1CCC(C(C)C)CC1)OC. The topological polar surface area (TPSA) is 30.5 Å². The van der Waals surface area contributed by atoms with Gasteiger partial charge in [0.15, 0.2) is 6.29 Å². The van der Waals surface area contributed by atoms with Crippen LogP contribution in [0, 0.1) is 11.8 Å². The van der Waals surface area contributed by atoms with E-state index in [-0.39, 0.29) is 6.29 Å². The van der Waals surface area contributed by atoms with E-state index >= 15 is 0 Å². The lowest BCUT2D eigenvalue weighted by Gasteiger charge is -2.32. The lowest BCUT2D eigenvalue weighted by Crippen LogP contribution is -2.39. The zero-order valence-electron chi connectivity index (χ0n) is 11.2. The van der Waals surface area contributed by atoms with Crippen LogP contribution in [0.15, 0.2) is 0 Å². The van der Waals surface area contributed by atoms with Crippen molar-refractivity contribution >= 4 is 0 Å². The van der Waals surface area contributed by atoms with Crippen LogP contribution in [0.3, 0.4) is 0 Å². The Balaban J connectivity index is 2.17. The number of ether oxygens (including phenoxy) is 2. The standard InChI is InChI=1S/C13H27NO2/c1-10(2)11-5-7-12(8-6-11)14-9-13(15-3)16-4/h10-14H,5-9H2,1-4H3. The first kappa shape index (κ1) is 13.9. The Morgan fingerprint density at radius 2 is 1.62 bits per heavy atom. The molecule has 1 N–H and O–H groups in total. The summed E-state index contributed by atoms with van der Waals surface area (Å²) >= 11 is 0. The van der Waals surface area contributed by atoms with Crippen LogP contribution in [0.5, 0.6) is 0 Å². The van der Waals surface area contributed by atoms with Crippen molar-refractivity contribution in [2.75, 3.05) is 20.8 Å². The van der Waals surface area contributed by atoms with Crippen molar-refractivity contribution in [3.63, 3.8) is 0 Å². The maximum Gasteiger partial charge on any atom is 0.169 e. The minimum Gasteiger partial charge on any atom is -0.355 e. The van der Waals surface area contributed by atoms with Gasteiger partial charge in [-0.1, -0.05) is 13.8 Å². The van der Waals surface area contributed by atoms with Crippen molar-refractivity contribution in [1.29, 1.82) is 0 Å². The van der Waals surface area contributed by atoms with Crippen LogP contribution in [-0.4, -0.2) is 33.1 Å². The first-order chi connectivity index (χ1) is 7.67. The lowest BCUT2D eigenvalue weighted by molar-refractivity contribution is -0.100. The zero-order valence-corrected chi connectivity index (χ0v) is 11.2. The van der Waals surface area contributed by atoms with Gasteiger partial charge in [-0.3, -0.25) is 0 Å². The van der Waals surface area contributed by atoms with Gasteiger partial charge in [-0.2, -0.15) is 0 Å². The van der Waals surface area contributed by atoms with E-state index in [9.17, 15) is 0 Å². The Bertz CT molecular complexity index is 173. The van der Waals surface area contributed by atoms with Gasteiger partial charge in [-0.15, -0.1) is 0 Å². The van der Waals surface area contributed by atoms with Gasteiger partial charge in [0.1, 0.15) is 0 Å². The highest BCUT2D eigenvalue weighted by atomic mass is 16.7. The van der Waals surface area contributed by atoms with Crippen LogP contribution in [-0.2, 0) is 9.47 Å². The summed E-state index contributed by atoms with van der Waals surface area (Å²) < 4.78 is 10.3. The number of nitrogens with one attached hydrogen (secondary N) is 1. The molecular formula is C13H27NO2. The van der Waals surface area contributed by atoms with E-state index in [4.69, 9.17) is 9.47 Å². The fourth-order valence-corrected chi connectivity index (χ4v) is 2.52. The summed E-state index contributed by atoms with van der Waals surface area (Å²) in [6, 6.07) is 0.655. The maximum atomic E-state index is 5.17. The quantitative estimate of drug-likeness (QED) is 0.710. The van der Waals surface area contributed by atoms with Crippen molar-refractivity contribution in [3.05, 3.63) is 0 Å². The minimum atomic E-state index is -0.108. The number of rotatable bonds is 6. The molecule has 0 bridgehead atoms. The van der Waals surface area contributed by atoms with E-state index in [1.165, 1.54) is 25.7 Å². The highest BCUT2D eigenvalue weighted by molar-refractivity contribution is 4.78. The van der Waals surface area contributed by atoms with Crippen LogP contribution in [0.2, 0.25) is 0 Å². The molecule has 0 aromatic heterocycles. The summed E-state index contributed by atoms with van der Waals surface area (Å²) in [5.41, 5.74) is 0. The third kappa shape index (κ3) is 4.40. The Labute approximate surface area is 99.9 Å². The van der Waals surface area contributed by atoms with Gasteiger partial charge in [0.25, 0.3) is 0 Å². The highest BCUT2D eigenvalue weighted by Crippen LogP contribution is 2.29. The molecule has 0 aliphatic heterocycles. The van der Waals surface area contributed by atoms with Crippen molar-refractivity contribution in [2.45, 2.75) is 51.9 Å². The first-order valence-electron chi connectivity index (χ1n) is 6.46. The van der Waals surface area contributed by atoms with Gasteiger partial charge >= 0.3 is 0 Å². The number of hydrogen-bond donors (Lipinski definition) is 1. The molecule has 0 heterocycles. The largest absolute Gasteiger partial charge is 0.355 e. The fraction of sp³-hybridized carbons (Fsp3) is 1.00. The van der Waals surface area contributed by atoms with Crippen LogP contribution in [0.1, 0.15) is 39.5 Å². The molecule has 96 valence electrons. The van der Waals surface area contributed by atoms with E-state index in [0.29, 0.717) is 6.04 Å². The Kier molecular flexibility index (Phi) is 6.32. The average Bonchev–Trinajstić information content (AvgIpc) is 2.31. The molecular weight excluding hydrogens is 202 g/mol. The van der Waals surface area contributed by atoms with Gasteiger partial charge in [-0.05, 0) is 37.5 Å². The molecule has 16 heavy (non-hydrogen) atoms. The predicted octanol–water partition coefficient (Wildman–Crippen LogP) is 2.41. The van der Waals surface area contributed by atoms with Gasteiger partial charge < -0.3 is 14.8 Å². The maximum absolute atomic E-state index is 5.17. The fourth-order valence-electron chi connectivity index (χ4n) is 2.52. The summed E-state index contributed by atoms with van der Waals surface area (Å²) in [6.07, 6.45) is 5.20. The molecule has 1 aliphatic carbocycles. The Morgan fingerprint density at radius 3 is 2.06 bits per heavy atom. The molecule has 0 saturated heterocycles. The monoisotopic (exact) mass is 229 g/mol. The van der Waals surface area contributed by atoms with E-state index in [1.54, 1.807) is 14.2 Å². The summed E-state index contributed by atoms with van der Waals surface area (Å²) in [7, 11) is 3.37. The molecule has 0 aromatic rings. The molecule has 0 amide bonds. The molecule has 1 aliphatic rings. The van der Waals surface area contributed by atoms with E-state index in [0.717, 1.165) is 18.4 Å². The molecule has 3 heteroatoms. The summed E-state index contributed by atoms with van der Waals surface area (Å²) in [6.45, 7) is 5.47. The van der Waals surface area contributed by atoms with Crippen molar-refractivity contribution in [1.82, 2.24) is 5.32 Å². The zero-order chi connectivity index (χ0) is 12.0. The number of methoxy groups -OCH3 is 2. The lowest BCUT2D eigenvalue weighted by atomic mass is 9.80. The molecule has 0 atom stereocenters.